The minimum Gasteiger partial charge on any atom is -0.508 e. The minimum absolute atomic E-state index is 0.282. The Labute approximate surface area is 136 Å². The zero-order chi connectivity index (χ0) is 16.7. The molecule has 118 valence electrons. The van der Waals surface area contributed by atoms with Crippen LogP contribution in [0, 0.1) is 6.92 Å². The second-order valence-corrected chi connectivity index (χ2v) is 5.35. The first kappa shape index (κ1) is 16.4. The van der Waals surface area contributed by atoms with Crippen LogP contribution in [0.4, 0.5) is 0 Å². The fourth-order valence-electron chi connectivity index (χ4n) is 2.01. The van der Waals surface area contributed by atoms with Crippen molar-refractivity contribution >= 4 is 0 Å². The predicted molar refractivity (Wildman–Crippen MR) is 91.9 cm³/mol. The lowest BCUT2D eigenvalue weighted by atomic mass is 10.1. The van der Waals surface area contributed by atoms with Crippen LogP contribution in [0.1, 0.15) is 16.7 Å². The van der Waals surface area contributed by atoms with Crippen LogP contribution in [-0.4, -0.2) is 15.3 Å². The fraction of sp³-hybridized carbons (Fsp3) is 0.100. The van der Waals surface area contributed by atoms with Crippen molar-refractivity contribution in [2.75, 3.05) is 0 Å². The highest BCUT2D eigenvalue weighted by Gasteiger charge is 1.96. The van der Waals surface area contributed by atoms with E-state index in [1.807, 2.05) is 43.3 Å². The van der Waals surface area contributed by atoms with E-state index in [2.05, 4.69) is 0 Å². The van der Waals surface area contributed by atoms with Crippen LogP contribution in [0.5, 0.6) is 17.2 Å². The molecule has 0 saturated carbocycles. The fourth-order valence-corrected chi connectivity index (χ4v) is 2.01. The molecule has 0 fully saturated rings. The van der Waals surface area contributed by atoms with Gasteiger partial charge in [-0.15, -0.1) is 0 Å². The summed E-state index contributed by atoms with van der Waals surface area (Å²) >= 11 is 0. The lowest BCUT2D eigenvalue weighted by molar-refractivity contribution is 0.474. The number of rotatable bonds is 2. The molecule has 0 saturated heterocycles. The SMILES string of the molecule is Cc1ccc(O)cc1.Oc1ccc(Cc2ccc(O)cc2)cc1. The first-order valence-corrected chi connectivity index (χ1v) is 7.34. The van der Waals surface area contributed by atoms with E-state index >= 15 is 0 Å². The largest absolute Gasteiger partial charge is 0.508 e. The summed E-state index contributed by atoms with van der Waals surface area (Å²) < 4.78 is 0. The Morgan fingerprint density at radius 3 is 1.13 bits per heavy atom. The Morgan fingerprint density at radius 1 is 0.522 bits per heavy atom. The molecule has 0 amide bonds. The number of hydrogen-bond acceptors (Lipinski definition) is 3. The Hall–Kier alpha value is -2.94. The molecule has 3 N–H and O–H groups in total. The van der Waals surface area contributed by atoms with E-state index in [0.29, 0.717) is 5.75 Å². The Balaban J connectivity index is 0.000000203. The summed E-state index contributed by atoms with van der Waals surface area (Å²) in [5.41, 5.74) is 3.44. The van der Waals surface area contributed by atoms with Gasteiger partial charge in [-0.1, -0.05) is 42.0 Å². The molecule has 3 aromatic carbocycles. The maximum Gasteiger partial charge on any atom is 0.115 e. The van der Waals surface area contributed by atoms with Crippen molar-refractivity contribution in [1.29, 1.82) is 0 Å². The van der Waals surface area contributed by atoms with Gasteiger partial charge in [0.05, 0.1) is 0 Å². The zero-order valence-electron chi connectivity index (χ0n) is 13.0. The number of phenols is 3. The van der Waals surface area contributed by atoms with Gasteiger partial charge in [0.1, 0.15) is 17.2 Å². The normalized spacial score (nSPS) is 9.78. The van der Waals surface area contributed by atoms with Crippen LogP contribution >= 0.6 is 0 Å². The first-order chi connectivity index (χ1) is 11.0. The second-order valence-electron chi connectivity index (χ2n) is 5.35. The third kappa shape index (κ3) is 5.75. The summed E-state index contributed by atoms with van der Waals surface area (Å²) in [6.07, 6.45) is 0.806. The maximum absolute atomic E-state index is 9.13. The lowest BCUT2D eigenvalue weighted by Crippen LogP contribution is -1.86. The van der Waals surface area contributed by atoms with Crippen LogP contribution in [0.3, 0.4) is 0 Å². The third-order valence-electron chi connectivity index (χ3n) is 3.31. The topological polar surface area (TPSA) is 60.7 Å². The van der Waals surface area contributed by atoms with Crippen LogP contribution in [0.15, 0.2) is 72.8 Å². The zero-order valence-corrected chi connectivity index (χ0v) is 13.0. The Kier molecular flexibility index (Phi) is 5.64. The summed E-state index contributed by atoms with van der Waals surface area (Å²) in [7, 11) is 0. The summed E-state index contributed by atoms with van der Waals surface area (Å²) in [5.74, 6) is 0.893. The van der Waals surface area contributed by atoms with Gasteiger partial charge < -0.3 is 15.3 Å². The van der Waals surface area contributed by atoms with Crippen LogP contribution in [0.25, 0.3) is 0 Å². The predicted octanol–water partition coefficient (Wildman–Crippen LogP) is 4.39. The highest BCUT2D eigenvalue weighted by atomic mass is 16.3. The molecule has 0 atom stereocenters. The minimum atomic E-state index is 0.282. The first-order valence-electron chi connectivity index (χ1n) is 7.34. The van der Waals surface area contributed by atoms with E-state index in [9.17, 15) is 0 Å². The molecule has 0 aromatic heterocycles. The number of aryl methyl sites for hydroxylation is 1. The number of phenolic OH excluding ortho intramolecular Hbond substituents is 3. The van der Waals surface area contributed by atoms with E-state index in [4.69, 9.17) is 15.3 Å². The molecule has 0 aliphatic heterocycles. The molecule has 3 nitrogen and oxygen atoms in total. The standard InChI is InChI=1S/C13H12O2.C7H8O/c14-12-5-1-10(2-6-12)9-11-3-7-13(15)8-4-11;1-6-2-4-7(8)5-3-6/h1-8,14-15H,9H2;2-5,8H,1H3. The van der Waals surface area contributed by atoms with Crippen molar-refractivity contribution in [3.8, 4) is 17.2 Å². The summed E-state index contributed by atoms with van der Waals surface area (Å²) in [5, 5.41) is 27.0. The molecule has 0 bridgehead atoms. The van der Waals surface area contributed by atoms with Gasteiger partial charge in [-0.05, 0) is 60.9 Å². The summed E-state index contributed by atoms with van der Waals surface area (Å²) in [6.45, 7) is 1.99. The van der Waals surface area contributed by atoms with E-state index in [0.717, 1.165) is 17.5 Å². The molecule has 0 spiro atoms. The van der Waals surface area contributed by atoms with Gasteiger partial charge in [0.25, 0.3) is 0 Å². The van der Waals surface area contributed by atoms with Gasteiger partial charge >= 0.3 is 0 Å². The quantitative estimate of drug-likeness (QED) is 0.658. The van der Waals surface area contributed by atoms with E-state index < -0.39 is 0 Å². The smallest absolute Gasteiger partial charge is 0.115 e. The highest BCUT2D eigenvalue weighted by molar-refractivity contribution is 5.33. The van der Waals surface area contributed by atoms with Crippen molar-refractivity contribution in [1.82, 2.24) is 0 Å². The molecule has 3 heteroatoms. The molecule has 23 heavy (non-hydrogen) atoms. The lowest BCUT2D eigenvalue weighted by Gasteiger charge is -2.02. The van der Waals surface area contributed by atoms with Gasteiger partial charge in [0, 0.05) is 0 Å². The molecule has 0 unspecified atom stereocenters. The molecule has 0 radical (unpaired) electrons. The van der Waals surface area contributed by atoms with Crippen molar-refractivity contribution in [3.63, 3.8) is 0 Å². The van der Waals surface area contributed by atoms with Gasteiger partial charge in [-0.2, -0.15) is 0 Å². The number of aromatic hydroxyl groups is 3. The molecule has 0 aliphatic rings. The monoisotopic (exact) mass is 308 g/mol. The molecule has 0 aliphatic carbocycles. The summed E-state index contributed by atoms with van der Waals surface area (Å²) in [6, 6.07) is 21.4. The van der Waals surface area contributed by atoms with Crippen LogP contribution in [0.2, 0.25) is 0 Å². The number of benzene rings is 3. The molecule has 3 aromatic rings. The summed E-state index contributed by atoms with van der Waals surface area (Å²) in [4.78, 5) is 0. The van der Waals surface area contributed by atoms with Crippen molar-refractivity contribution in [2.45, 2.75) is 13.3 Å². The second kappa shape index (κ2) is 7.90. The van der Waals surface area contributed by atoms with E-state index in [1.54, 1.807) is 36.4 Å². The van der Waals surface area contributed by atoms with Crippen LogP contribution < -0.4 is 0 Å². The maximum atomic E-state index is 9.13. The molecular weight excluding hydrogens is 288 g/mol. The van der Waals surface area contributed by atoms with Crippen molar-refractivity contribution in [2.24, 2.45) is 0 Å². The van der Waals surface area contributed by atoms with Gasteiger partial charge in [0.2, 0.25) is 0 Å². The van der Waals surface area contributed by atoms with Gasteiger partial charge in [-0.25, -0.2) is 0 Å². The Morgan fingerprint density at radius 2 is 0.826 bits per heavy atom. The molecular formula is C20H20O3. The van der Waals surface area contributed by atoms with Crippen molar-refractivity contribution < 1.29 is 15.3 Å². The molecule has 3 rings (SSSR count). The average molecular weight is 308 g/mol. The van der Waals surface area contributed by atoms with Crippen molar-refractivity contribution in [3.05, 3.63) is 89.5 Å². The highest BCUT2D eigenvalue weighted by Crippen LogP contribution is 2.16. The van der Waals surface area contributed by atoms with Gasteiger partial charge in [-0.3, -0.25) is 0 Å². The van der Waals surface area contributed by atoms with Gasteiger partial charge in [0.15, 0.2) is 0 Å². The van der Waals surface area contributed by atoms with E-state index in [1.165, 1.54) is 5.56 Å². The van der Waals surface area contributed by atoms with E-state index in [-0.39, 0.29) is 11.5 Å². The third-order valence-corrected chi connectivity index (χ3v) is 3.31. The number of hydrogen-bond donors (Lipinski definition) is 3. The molecule has 0 heterocycles. The average Bonchev–Trinajstić information content (AvgIpc) is 2.55. The Bertz CT molecular complexity index is 650. The van der Waals surface area contributed by atoms with Crippen LogP contribution in [-0.2, 0) is 6.42 Å².